The number of aromatic nitrogens is 3. The Kier molecular flexibility index (Phi) is 5.74. The van der Waals surface area contributed by atoms with E-state index >= 15 is 0 Å². The zero-order chi connectivity index (χ0) is 20.2. The number of thioether (sulfide) groups is 1. The number of para-hydroxylation sites is 3. The molecular formula is C22H18ClN3O2S. The van der Waals surface area contributed by atoms with Gasteiger partial charge in [0.2, 0.25) is 0 Å². The minimum Gasteiger partial charge on any atom is -0.507 e. The first-order valence-electron chi connectivity index (χ1n) is 8.92. The second kappa shape index (κ2) is 8.59. The van der Waals surface area contributed by atoms with Crippen LogP contribution < -0.4 is 4.74 Å². The zero-order valence-corrected chi connectivity index (χ0v) is 17.2. The summed E-state index contributed by atoms with van der Waals surface area (Å²) in [6.07, 6.45) is 0. The number of phenols is 1. The highest BCUT2D eigenvalue weighted by Crippen LogP contribution is 2.36. The van der Waals surface area contributed by atoms with Crippen molar-refractivity contribution in [1.29, 1.82) is 0 Å². The molecule has 0 aliphatic carbocycles. The first-order valence-corrected chi connectivity index (χ1v) is 10.3. The molecular weight excluding hydrogens is 406 g/mol. The summed E-state index contributed by atoms with van der Waals surface area (Å²) in [5.74, 6) is 1.99. The smallest absolute Gasteiger partial charge is 0.196 e. The third kappa shape index (κ3) is 3.95. The van der Waals surface area contributed by atoms with Crippen LogP contribution >= 0.6 is 23.4 Å². The van der Waals surface area contributed by atoms with Crippen molar-refractivity contribution in [3.8, 4) is 28.6 Å². The van der Waals surface area contributed by atoms with Crippen LogP contribution in [0.25, 0.3) is 17.1 Å². The van der Waals surface area contributed by atoms with Crippen molar-refractivity contribution in [2.24, 2.45) is 0 Å². The fraction of sp³-hybridized carbons (Fsp3) is 0.0909. The van der Waals surface area contributed by atoms with Gasteiger partial charge in [0.1, 0.15) is 11.5 Å². The summed E-state index contributed by atoms with van der Waals surface area (Å²) in [7, 11) is 1.62. The van der Waals surface area contributed by atoms with Crippen LogP contribution in [0, 0.1) is 0 Å². The third-order valence-corrected chi connectivity index (χ3v) is 5.77. The maximum Gasteiger partial charge on any atom is 0.196 e. The lowest BCUT2D eigenvalue weighted by atomic mass is 10.2. The van der Waals surface area contributed by atoms with Crippen molar-refractivity contribution < 1.29 is 9.84 Å². The SMILES string of the molecule is COc1ccccc1-n1c(SCc2ccccc2Cl)nnc1-c1ccccc1O. The average molecular weight is 424 g/mol. The fourth-order valence-corrected chi connectivity index (χ4v) is 4.22. The number of hydrogen-bond donors (Lipinski definition) is 1. The van der Waals surface area contributed by atoms with Crippen molar-refractivity contribution in [3.63, 3.8) is 0 Å². The molecule has 1 aromatic heterocycles. The number of ether oxygens (including phenoxy) is 1. The number of halogens is 1. The number of benzene rings is 3. The van der Waals surface area contributed by atoms with Crippen LogP contribution in [0.5, 0.6) is 11.5 Å². The molecule has 0 aliphatic rings. The molecule has 0 amide bonds. The van der Waals surface area contributed by atoms with Gasteiger partial charge in [0.05, 0.1) is 18.4 Å². The molecule has 4 rings (SSSR count). The maximum atomic E-state index is 10.4. The average Bonchev–Trinajstić information content (AvgIpc) is 3.17. The first-order chi connectivity index (χ1) is 14.2. The topological polar surface area (TPSA) is 60.2 Å². The van der Waals surface area contributed by atoms with Crippen molar-refractivity contribution in [2.45, 2.75) is 10.9 Å². The van der Waals surface area contributed by atoms with Gasteiger partial charge in [-0.05, 0) is 35.9 Å². The van der Waals surface area contributed by atoms with Crippen molar-refractivity contribution in [3.05, 3.63) is 83.4 Å². The Hall–Kier alpha value is -2.96. The van der Waals surface area contributed by atoms with Gasteiger partial charge in [0.15, 0.2) is 11.0 Å². The van der Waals surface area contributed by atoms with Gasteiger partial charge in [-0.1, -0.05) is 65.8 Å². The van der Waals surface area contributed by atoms with Gasteiger partial charge < -0.3 is 9.84 Å². The Morgan fingerprint density at radius 2 is 1.69 bits per heavy atom. The molecule has 0 aliphatic heterocycles. The van der Waals surface area contributed by atoms with Gasteiger partial charge in [-0.2, -0.15) is 0 Å². The summed E-state index contributed by atoms with van der Waals surface area (Å²) in [5.41, 5.74) is 2.40. The molecule has 4 aromatic rings. The summed E-state index contributed by atoms with van der Waals surface area (Å²) in [4.78, 5) is 0. The molecule has 1 heterocycles. The molecule has 3 aromatic carbocycles. The molecule has 0 atom stereocenters. The minimum absolute atomic E-state index is 0.138. The summed E-state index contributed by atoms with van der Waals surface area (Å²) in [6.45, 7) is 0. The Morgan fingerprint density at radius 3 is 2.48 bits per heavy atom. The predicted octanol–water partition coefficient (Wildman–Crippen LogP) is 5.59. The van der Waals surface area contributed by atoms with Crippen molar-refractivity contribution in [1.82, 2.24) is 14.8 Å². The molecule has 146 valence electrons. The van der Waals surface area contributed by atoms with Crippen molar-refractivity contribution in [2.75, 3.05) is 7.11 Å². The highest BCUT2D eigenvalue weighted by atomic mass is 35.5. The van der Waals surface area contributed by atoms with Crippen LogP contribution in [0.2, 0.25) is 5.02 Å². The van der Waals surface area contributed by atoms with E-state index < -0.39 is 0 Å². The summed E-state index contributed by atoms with van der Waals surface area (Å²) < 4.78 is 7.46. The molecule has 0 radical (unpaired) electrons. The zero-order valence-electron chi connectivity index (χ0n) is 15.6. The van der Waals surface area contributed by atoms with E-state index in [0.717, 1.165) is 11.3 Å². The third-order valence-electron chi connectivity index (χ3n) is 4.42. The lowest BCUT2D eigenvalue weighted by molar-refractivity contribution is 0.412. The molecule has 1 N–H and O–H groups in total. The van der Waals surface area contributed by atoms with Crippen LogP contribution in [0.3, 0.4) is 0 Å². The van der Waals surface area contributed by atoms with Crippen molar-refractivity contribution >= 4 is 23.4 Å². The highest BCUT2D eigenvalue weighted by molar-refractivity contribution is 7.98. The van der Waals surface area contributed by atoms with Gasteiger partial charge >= 0.3 is 0 Å². The predicted molar refractivity (Wildman–Crippen MR) is 116 cm³/mol. The molecule has 0 saturated heterocycles. The second-order valence-corrected chi connectivity index (χ2v) is 7.56. The molecule has 0 unspecified atom stereocenters. The molecule has 0 saturated carbocycles. The van der Waals surface area contributed by atoms with E-state index in [1.807, 2.05) is 65.2 Å². The van der Waals surface area contributed by atoms with Gasteiger partial charge in [0.25, 0.3) is 0 Å². The Balaban J connectivity index is 1.82. The van der Waals surface area contributed by atoms with E-state index in [1.165, 1.54) is 11.8 Å². The molecule has 0 bridgehead atoms. The summed E-state index contributed by atoms with van der Waals surface area (Å²) in [6, 6.07) is 22.4. The van der Waals surface area contributed by atoms with E-state index in [4.69, 9.17) is 16.3 Å². The number of rotatable bonds is 6. The van der Waals surface area contributed by atoms with Crippen LogP contribution in [-0.2, 0) is 5.75 Å². The molecule has 0 spiro atoms. The highest BCUT2D eigenvalue weighted by Gasteiger charge is 2.20. The second-order valence-electron chi connectivity index (χ2n) is 6.21. The van der Waals surface area contributed by atoms with Gasteiger partial charge in [0, 0.05) is 10.8 Å². The monoisotopic (exact) mass is 423 g/mol. The van der Waals surface area contributed by atoms with Crippen LogP contribution in [0.1, 0.15) is 5.56 Å². The molecule has 29 heavy (non-hydrogen) atoms. The number of methoxy groups -OCH3 is 1. The van der Waals surface area contributed by atoms with Crippen LogP contribution in [-0.4, -0.2) is 27.0 Å². The quantitative estimate of drug-likeness (QED) is 0.409. The maximum absolute atomic E-state index is 10.4. The van der Waals surface area contributed by atoms with Crippen LogP contribution in [0.15, 0.2) is 78.0 Å². The summed E-state index contributed by atoms with van der Waals surface area (Å²) in [5, 5.41) is 20.5. The summed E-state index contributed by atoms with van der Waals surface area (Å²) >= 11 is 7.83. The van der Waals surface area contributed by atoms with Crippen LogP contribution in [0.4, 0.5) is 0 Å². The number of nitrogens with zero attached hydrogens (tertiary/aromatic N) is 3. The molecule has 7 heteroatoms. The van der Waals surface area contributed by atoms with Gasteiger partial charge in [-0.25, -0.2) is 0 Å². The standard InChI is InChI=1S/C22H18ClN3O2S/c1-28-20-13-7-5-11-18(20)26-21(16-9-3-6-12-19(16)27)24-25-22(26)29-14-15-8-2-4-10-17(15)23/h2-13,27H,14H2,1H3. The van der Waals surface area contributed by atoms with E-state index in [1.54, 1.807) is 19.2 Å². The number of aromatic hydroxyl groups is 1. The number of phenolic OH excluding ortho intramolecular Hbond substituents is 1. The van der Waals surface area contributed by atoms with E-state index in [2.05, 4.69) is 10.2 Å². The minimum atomic E-state index is 0.138. The Bertz CT molecular complexity index is 1150. The fourth-order valence-electron chi connectivity index (χ4n) is 2.99. The molecule has 5 nitrogen and oxygen atoms in total. The largest absolute Gasteiger partial charge is 0.507 e. The van der Waals surface area contributed by atoms with E-state index in [0.29, 0.717) is 33.1 Å². The van der Waals surface area contributed by atoms with Gasteiger partial charge in [-0.15, -0.1) is 10.2 Å². The normalized spacial score (nSPS) is 10.8. The Labute approximate surface area is 177 Å². The van der Waals surface area contributed by atoms with Gasteiger partial charge in [-0.3, -0.25) is 4.57 Å². The number of hydrogen-bond acceptors (Lipinski definition) is 5. The lowest BCUT2D eigenvalue weighted by Crippen LogP contribution is -2.02. The van der Waals surface area contributed by atoms with E-state index in [-0.39, 0.29) is 5.75 Å². The Morgan fingerprint density at radius 1 is 0.966 bits per heavy atom. The van der Waals surface area contributed by atoms with E-state index in [9.17, 15) is 5.11 Å². The lowest BCUT2D eigenvalue weighted by Gasteiger charge is -2.14. The molecule has 0 fully saturated rings. The first kappa shape index (κ1) is 19.4.